The van der Waals surface area contributed by atoms with Crippen LogP contribution in [0.2, 0.25) is 0 Å². The van der Waals surface area contributed by atoms with Crippen molar-refractivity contribution < 1.29 is 4.79 Å². The second-order valence-corrected chi connectivity index (χ2v) is 5.14. The fourth-order valence-electron chi connectivity index (χ4n) is 2.35. The van der Waals surface area contributed by atoms with Gasteiger partial charge in [0.2, 0.25) is 0 Å². The monoisotopic (exact) mass is 282 g/mol. The van der Waals surface area contributed by atoms with E-state index in [2.05, 4.69) is 17.6 Å². The van der Waals surface area contributed by atoms with Crippen LogP contribution in [-0.4, -0.2) is 25.0 Å². The summed E-state index contributed by atoms with van der Waals surface area (Å²) >= 11 is 0. The molecule has 1 aliphatic heterocycles. The minimum Gasteiger partial charge on any atom is -0.352 e. The molecule has 1 fully saturated rings. The van der Waals surface area contributed by atoms with E-state index >= 15 is 0 Å². The first-order valence-electron chi connectivity index (χ1n) is 6.75. The van der Waals surface area contributed by atoms with E-state index in [1.807, 2.05) is 25.1 Å². The molecule has 2 rings (SSSR count). The van der Waals surface area contributed by atoms with Gasteiger partial charge in [0.05, 0.1) is 0 Å². The Balaban J connectivity index is 0.00000180. The molecule has 0 bridgehead atoms. The van der Waals surface area contributed by atoms with E-state index in [0.29, 0.717) is 6.04 Å². The van der Waals surface area contributed by atoms with Crippen LogP contribution in [-0.2, 0) is 0 Å². The number of carbonyl (C=O) groups is 1. The topological polar surface area (TPSA) is 41.1 Å². The predicted octanol–water partition coefficient (Wildman–Crippen LogP) is 2.60. The highest BCUT2D eigenvalue weighted by Crippen LogP contribution is 2.10. The van der Waals surface area contributed by atoms with Crippen molar-refractivity contribution in [2.24, 2.45) is 0 Å². The second kappa shape index (κ2) is 7.51. The lowest BCUT2D eigenvalue weighted by Crippen LogP contribution is -2.30. The number of hydrogen-bond donors (Lipinski definition) is 2. The van der Waals surface area contributed by atoms with Gasteiger partial charge in [-0.3, -0.25) is 4.79 Å². The van der Waals surface area contributed by atoms with Gasteiger partial charge >= 0.3 is 0 Å². The van der Waals surface area contributed by atoms with Crippen molar-refractivity contribution in [3.63, 3.8) is 0 Å². The van der Waals surface area contributed by atoms with E-state index in [9.17, 15) is 4.79 Å². The summed E-state index contributed by atoms with van der Waals surface area (Å²) in [6.45, 7) is 5.97. The van der Waals surface area contributed by atoms with Gasteiger partial charge < -0.3 is 10.6 Å². The van der Waals surface area contributed by atoms with Gasteiger partial charge in [0.15, 0.2) is 0 Å². The molecule has 0 radical (unpaired) electrons. The van der Waals surface area contributed by atoms with Crippen LogP contribution in [0.1, 0.15) is 40.7 Å². The van der Waals surface area contributed by atoms with Gasteiger partial charge in [-0.15, -0.1) is 12.4 Å². The maximum absolute atomic E-state index is 12.0. The quantitative estimate of drug-likeness (QED) is 0.891. The maximum atomic E-state index is 12.0. The normalized spacial score (nSPS) is 17.9. The molecule has 0 unspecified atom stereocenters. The lowest BCUT2D eigenvalue weighted by atomic mass is 10.1. The highest BCUT2D eigenvalue weighted by atomic mass is 35.5. The zero-order valence-electron chi connectivity index (χ0n) is 11.7. The van der Waals surface area contributed by atoms with E-state index in [4.69, 9.17) is 0 Å². The van der Waals surface area contributed by atoms with Gasteiger partial charge in [0.25, 0.3) is 5.91 Å². The van der Waals surface area contributed by atoms with Crippen LogP contribution in [0.4, 0.5) is 0 Å². The fourth-order valence-corrected chi connectivity index (χ4v) is 2.35. The van der Waals surface area contributed by atoms with Crippen LogP contribution in [0.25, 0.3) is 0 Å². The van der Waals surface area contributed by atoms with Crippen molar-refractivity contribution in [1.82, 2.24) is 10.6 Å². The molecule has 0 spiro atoms. The third kappa shape index (κ3) is 4.51. The Morgan fingerprint density at radius 1 is 1.37 bits per heavy atom. The van der Waals surface area contributed by atoms with E-state index < -0.39 is 0 Å². The fraction of sp³-hybridized carbons (Fsp3) is 0.533. The standard InChI is InChI=1S/C15H22N2O.ClH/c1-11-5-6-13(10-12(11)2)15(18)17-9-7-14-4-3-8-16-14;/h5-6,10,14,16H,3-4,7-9H2,1-2H3,(H,17,18);1H/t14-;/m1./s1. The molecule has 0 aliphatic carbocycles. The first-order chi connectivity index (χ1) is 8.66. The summed E-state index contributed by atoms with van der Waals surface area (Å²) in [5.41, 5.74) is 3.15. The summed E-state index contributed by atoms with van der Waals surface area (Å²) in [7, 11) is 0. The predicted molar refractivity (Wildman–Crippen MR) is 81.1 cm³/mol. The largest absolute Gasteiger partial charge is 0.352 e. The molecule has 1 amide bonds. The summed E-state index contributed by atoms with van der Waals surface area (Å²) in [5.74, 6) is 0.0381. The van der Waals surface area contributed by atoms with Crippen LogP contribution in [0.15, 0.2) is 18.2 Å². The lowest BCUT2D eigenvalue weighted by molar-refractivity contribution is 0.0952. The highest BCUT2D eigenvalue weighted by Gasteiger charge is 2.14. The van der Waals surface area contributed by atoms with Gasteiger partial charge in [-0.05, 0) is 62.9 Å². The smallest absolute Gasteiger partial charge is 0.251 e. The van der Waals surface area contributed by atoms with Crippen molar-refractivity contribution in [2.45, 2.75) is 39.2 Å². The van der Waals surface area contributed by atoms with E-state index in [1.54, 1.807) is 0 Å². The average molecular weight is 283 g/mol. The molecular formula is C15H23ClN2O. The lowest BCUT2D eigenvalue weighted by Gasteiger charge is -2.11. The molecule has 1 aromatic rings. The van der Waals surface area contributed by atoms with Crippen LogP contribution in [0, 0.1) is 13.8 Å². The third-order valence-electron chi connectivity index (χ3n) is 3.71. The molecule has 2 N–H and O–H groups in total. The van der Waals surface area contributed by atoms with E-state index in [1.165, 1.54) is 24.0 Å². The van der Waals surface area contributed by atoms with Gasteiger partial charge in [0.1, 0.15) is 0 Å². The Morgan fingerprint density at radius 3 is 2.79 bits per heavy atom. The summed E-state index contributed by atoms with van der Waals surface area (Å²) in [6.07, 6.45) is 3.52. The first-order valence-corrected chi connectivity index (χ1v) is 6.75. The van der Waals surface area contributed by atoms with Gasteiger partial charge in [-0.25, -0.2) is 0 Å². The maximum Gasteiger partial charge on any atom is 0.251 e. The minimum absolute atomic E-state index is 0. The Bertz CT molecular complexity index is 428. The molecule has 0 saturated carbocycles. The number of halogens is 1. The molecule has 1 atom stereocenters. The zero-order valence-corrected chi connectivity index (χ0v) is 12.5. The Morgan fingerprint density at radius 2 is 2.16 bits per heavy atom. The van der Waals surface area contributed by atoms with E-state index in [0.717, 1.165) is 25.1 Å². The number of carbonyl (C=O) groups excluding carboxylic acids is 1. The molecular weight excluding hydrogens is 260 g/mol. The molecule has 3 nitrogen and oxygen atoms in total. The molecule has 1 aliphatic rings. The third-order valence-corrected chi connectivity index (χ3v) is 3.71. The molecule has 4 heteroatoms. The summed E-state index contributed by atoms with van der Waals surface area (Å²) < 4.78 is 0. The molecule has 19 heavy (non-hydrogen) atoms. The number of hydrogen-bond acceptors (Lipinski definition) is 2. The van der Waals surface area contributed by atoms with Crippen LogP contribution in [0.5, 0.6) is 0 Å². The van der Waals surface area contributed by atoms with Gasteiger partial charge in [-0.2, -0.15) is 0 Å². The number of nitrogens with one attached hydrogen (secondary N) is 2. The number of aryl methyl sites for hydroxylation is 2. The van der Waals surface area contributed by atoms with Crippen LogP contribution < -0.4 is 10.6 Å². The number of rotatable bonds is 4. The van der Waals surface area contributed by atoms with Crippen molar-refractivity contribution in [1.29, 1.82) is 0 Å². The Hall–Kier alpha value is -1.06. The molecule has 1 aromatic carbocycles. The van der Waals surface area contributed by atoms with Crippen LogP contribution in [0.3, 0.4) is 0 Å². The van der Waals surface area contributed by atoms with E-state index in [-0.39, 0.29) is 18.3 Å². The molecule has 106 valence electrons. The summed E-state index contributed by atoms with van der Waals surface area (Å²) in [5, 5.41) is 6.43. The average Bonchev–Trinajstić information content (AvgIpc) is 2.85. The van der Waals surface area contributed by atoms with Crippen molar-refractivity contribution in [2.75, 3.05) is 13.1 Å². The Labute approximate surface area is 121 Å². The van der Waals surface area contributed by atoms with Crippen molar-refractivity contribution in [3.05, 3.63) is 34.9 Å². The molecule has 0 aromatic heterocycles. The van der Waals surface area contributed by atoms with Crippen molar-refractivity contribution >= 4 is 18.3 Å². The molecule has 1 heterocycles. The minimum atomic E-state index is 0. The SMILES string of the molecule is Cc1ccc(C(=O)NCC[C@H]2CCCN2)cc1C.Cl. The summed E-state index contributed by atoms with van der Waals surface area (Å²) in [6, 6.07) is 6.44. The zero-order chi connectivity index (χ0) is 13.0. The highest BCUT2D eigenvalue weighted by molar-refractivity contribution is 5.94. The van der Waals surface area contributed by atoms with Crippen LogP contribution >= 0.6 is 12.4 Å². The van der Waals surface area contributed by atoms with Gasteiger partial charge in [-0.1, -0.05) is 6.07 Å². The number of benzene rings is 1. The second-order valence-electron chi connectivity index (χ2n) is 5.14. The number of amides is 1. The summed E-state index contributed by atoms with van der Waals surface area (Å²) in [4.78, 5) is 12.0. The van der Waals surface area contributed by atoms with Gasteiger partial charge in [0, 0.05) is 18.2 Å². The molecule has 1 saturated heterocycles. The Kier molecular flexibility index (Phi) is 6.32. The van der Waals surface area contributed by atoms with Crippen molar-refractivity contribution in [3.8, 4) is 0 Å². The first kappa shape index (κ1) is 16.0.